The Kier molecular flexibility index (Phi) is 3.94. The minimum Gasteiger partial charge on any atom is -0.338 e. The molecule has 1 heterocycles. The number of carbonyl (C=O) groups excluding carboxylic acids is 1. The van der Waals surface area contributed by atoms with Gasteiger partial charge in [-0.3, -0.25) is 10.6 Å². The van der Waals surface area contributed by atoms with Gasteiger partial charge >= 0.3 is 0 Å². The third-order valence-electron chi connectivity index (χ3n) is 3.62. The van der Waals surface area contributed by atoms with Gasteiger partial charge in [-0.15, -0.1) is 0 Å². The molecule has 1 amide bonds. The molecule has 0 aliphatic carbocycles. The van der Waals surface area contributed by atoms with E-state index in [1.807, 2.05) is 5.43 Å². The normalized spacial score (nSPS) is 17.9. The van der Waals surface area contributed by atoms with Crippen LogP contribution in [0.15, 0.2) is 12.1 Å². The second-order valence-corrected chi connectivity index (χ2v) is 5.95. The van der Waals surface area contributed by atoms with Crippen molar-refractivity contribution < 1.29 is 13.6 Å². The molecule has 0 aromatic heterocycles. The number of piperidine rings is 1. The summed E-state index contributed by atoms with van der Waals surface area (Å²) in [7, 11) is 0. The Balaban J connectivity index is 2.25. The van der Waals surface area contributed by atoms with E-state index in [0.717, 1.165) is 25.0 Å². The number of anilines is 1. The van der Waals surface area contributed by atoms with E-state index in [1.165, 1.54) is 0 Å². The van der Waals surface area contributed by atoms with Crippen LogP contribution in [0.2, 0.25) is 0 Å². The minimum absolute atomic E-state index is 0.0108. The highest BCUT2D eigenvalue weighted by Crippen LogP contribution is 2.30. The second kappa shape index (κ2) is 5.36. The van der Waals surface area contributed by atoms with Crippen molar-refractivity contribution in [2.75, 3.05) is 18.5 Å². The molecule has 0 unspecified atom stereocenters. The summed E-state index contributed by atoms with van der Waals surface area (Å²) in [5.74, 6) is 2.95. The van der Waals surface area contributed by atoms with Crippen LogP contribution in [0.5, 0.6) is 0 Å². The number of nitrogens with zero attached hydrogens (tertiary/aromatic N) is 1. The summed E-state index contributed by atoms with van der Waals surface area (Å²) in [5.41, 5.74) is 1.56. The smallest absolute Gasteiger partial charge is 0.254 e. The van der Waals surface area contributed by atoms with Gasteiger partial charge in [0.15, 0.2) is 11.6 Å². The predicted molar refractivity (Wildman–Crippen MR) is 73.1 cm³/mol. The molecule has 2 rings (SSSR count). The molecule has 0 atom stereocenters. The molecule has 1 fully saturated rings. The van der Waals surface area contributed by atoms with Crippen LogP contribution in [-0.2, 0) is 0 Å². The second-order valence-electron chi connectivity index (χ2n) is 5.95. The number of benzene rings is 1. The first-order valence-electron chi connectivity index (χ1n) is 6.59. The highest BCUT2D eigenvalue weighted by Gasteiger charge is 2.30. The number of amides is 1. The summed E-state index contributed by atoms with van der Waals surface area (Å²) in [6, 6.07) is 2.03. The van der Waals surface area contributed by atoms with Crippen molar-refractivity contribution in [1.82, 2.24) is 4.90 Å². The van der Waals surface area contributed by atoms with E-state index in [-0.39, 0.29) is 16.9 Å². The fourth-order valence-corrected chi connectivity index (χ4v) is 2.61. The zero-order valence-corrected chi connectivity index (χ0v) is 11.7. The summed E-state index contributed by atoms with van der Waals surface area (Å²) in [5, 5.41) is 0. The number of halogens is 2. The van der Waals surface area contributed by atoms with Crippen LogP contribution in [0.25, 0.3) is 0 Å². The average Bonchev–Trinajstić information content (AvgIpc) is 2.36. The first kappa shape index (κ1) is 14.7. The quantitative estimate of drug-likeness (QED) is 0.647. The lowest BCUT2D eigenvalue weighted by Gasteiger charge is -2.38. The third-order valence-corrected chi connectivity index (χ3v) is 3.62. The summed E-state index contributed by atoms with van der Waals surface area (Å²) < 4.78 is 27.3. The van der Waals surface area contributed by atoms with E-state index in [2.05, 4.69) is 13.8 Å². The lowest BCUT2D eigenvalue weighted by Crippen LogP contribution is -2.43. The van der Waals surface area contributed by atoms with Crippen LogP contribution >= 0.6 is 0 Å². The van der Waals surface area contributed by atoms with Crippen molar-refractivity contribution in [1.29, 1.82) is 0 Å². The number of rotatable bonds is 2. The van der Waals surface area contributed by atoms with Crippen molar-refractivity contribution in [2.24, 2.45) is 11.3 Å². The van der Waals surface area contributed by atoms with Gasteiger partial charge in [0, 0.05) is 18.7 Å². The van der Waals surface area contributed by atoms with E-state index in [4.69, 9.17) is 5.84 Å². The Morgan fingerprint density at radius 3 is 2.45 bits per heavy atom. The van der Waals surface area contributed by atoms with Gasteiger partial charge in [-0.05, 0) is 30.4 Å². The van der Waals surface area contributed by atoms with Crippen LogP contribution in [0, 0.1) is 17.0 Å². The molecule has 1 aliphatic rings. The predicted octanol–water partition coefficient (Wildman–Crippen LogP) is 2.51. The van der Waals surface area contributed by atoms with E-state index < -0.39 is 17.3 Å². The molecule has 1 aromatic carbocycles. The van der Waals surface area contributed by atoms with Crippen LogP contribution in [0.1, 0.15) is 37.0 Å². The largest absolute Gasteiger partial charge is 0.338 e. The summed E-state index contributed by atoms with van der Waals surface area (Å²) in [6.07, 6.45) is 1.93. The molecule has 1 saturated heterocycles. The van der Waals surface area contributed by atoms with E-state index >= 15 is 0 Å². The Morgan fingerprint density at radius 2 is 1.95 bits per heavy atom. The molecule has 6 heteroatoms. The highest BCUT2D eigenvalue weighted by molar-refractivity contribution is 5.94. The van der Waals surface area contributed by atoms with Crippen LogP contribution in [0.3, 0.4) is 0 Å². The lowest BCUT2D eigenvalue weighted by atomic mass is 9.84. The SMILES string of the molecule is CC1(C)CCCN(C(=O)c2cc(F)c(NN)c(F)c2)C1. The number of hydrazine groups is 1. The van der Waals surface area contributed by atoms with Crippen LogP contribution in [0.4, 0.5) is 14.5 Å². The van der Waals surface area contributed by atoms with Gasteiger partial charge in [0.1, 0.15) is 5.69 Å². The molecule has 1 aromatic rings. The van der Waals surface area contributed by atoms with Gasteiger partial charge in [0.25, 0.3) is 5.91 Å². The van der Waals surface area contributed by atoms with Gasteiger partial charge in [0.05, 0.1) is 0 Å². The molecule has 20 heavy (non-hydrogen) atoms. The average molecular weight is 283 g/mol. The number of hydrogen-bond acceptors (Lipinski definition) is 3. The molecule has 3 N–H and O–H groups in total. The maximum absolute atomic E-state index is 13.6. The zero-order valence-electron chi connectivity index (χ0n) is 11.7. The van der Waals surface area contributed by atoms with Gasteiger partial charge < -0.3 is 10.3 Å². The third kappa shape index (κ3) is 2.90. The maximum Gasteiger partial charge on any atom is 0.254 e. The first-order valence-corrected chi connectivity index (χ1v) is 6.59. The molecule has 1 aliphatic heterocycles. The van der Waals surface area contributed by atoms with Crippen molar-refractivity contribution in [3.8, 4) is 0 Å². The number of likely N-dealkylation sites (tertiary alicyclic amines) is 1. The molecule has 0 radical (unpaired) electrons. The summed E-state index contributed by atoms with van der Waals surface area (Å²) in [6.45, 7) is 5.36. The number of nitrogens with one attached hydrogen (secondary N) is 1. The van der Waals surface area contributed by atoms with Crippen molar-refractivity contribution in [3.63, 3.8) is 0 Å². The Hall–Kier alpha value is -1.69. The maximum atomic E-state index is 13.6. The summed E-state index contributed by atoms with van der Waals surface area (Å²) >= 11 is 0. The fraction of sp³-hybridized carbons (Fsp3) is 0.500. The molecule has 110 valence electrons. The van der Waals surface area contributed by atoms with Gasteiger partial charge in [0.2, 0.25) is 0 Å². The minimum atomic E-state index is -0.868. The lowest BCUT2D eigenvalue weighted by molar-refractivity contribution is 0.0582. The number of nitrogen functional groups attached to an aromatic ring is 1. The molecule has 4 nitrogen and oxygen atoms in total. The topological polar surface area (TPSA) is 58.4 Å². The van der Waals surface area contributed by atoms with Gasteiger partial charge in [-0.1, -0.05) is 13.8 Å². The molecular formula is C14H19F2N3O. The van der Waals surface area contributed by atoms with Gasteiger partial charge in [-0.25, -0.2) is 8.78 Å². The van der Waals surface area contributed by atoms with E-state index in [9.17, 15) is 13.6 Å². The van der Waals surface area contributed by atoms with Crippen LogP contribution in [-0.4, -0.2) is 23.9 Å². The Labute approximate surface area is 116 Å². The van der Waals surface area contributed by atoms with E-state index in [1.54, 1.807) is 4.90 Å². The monoisotopic (exact) mass is 283 g/mol. The Bertz CT molecular complexity index is 508. The van der Waals surface area contributed by atoms with Gasteiger partial charge in [-0.2, -0.15) is 0 Å². The van der Waals surface area contributed by atoms with Crippen molar-refractivity contribution in [3.05, 3.63) is 29.3 Å². The molecule has 0 bridgehead atoms. The van der Waals surface area contributed by atoms with Crippen LogP contribution < -0.4 is 11.3 Å². The fourth-order valence-electron chi connectivity index (χ4n) is 2.61. The number of carbonyl (C=O) groups is 1. The molecule has 0 saturated carbocycles. The number of hydrogen-bond donors (Lipinski definition) is 2. The molecule has 0 spiro atoms. The first-order chi connectivity index (χ1) is 9.34. The standard InChI is InChI=1S/C14H19F2N3O/c1-14(2)4-3-5-19(8-14)13(20)9-6-10(15)12(18-17)11(16)7-9/h6-7,18H,3-5,8,17H2,1-2H3. The Morgan fingerprint density at radius 1 is 1.35 bits per heavy atom. The number of nitrogens with two attached hydrogens (primary N) is 1. The van der Waals surface area contributed by atoms with Crippen molar-refractivity contribution in [2.45, 2.75) is 26.7 Å². The zero-order chi connectivity index (χ0) is 14.9. The summed E-state index contributed by atoms with van der Waals surface area (Å²) in [4.78, 5) is 14.0. The molecular weight excluding hydrogens is 264 g/mol. The highest BCUT2D eigenvalue weighted by atomic mass is 19.1. The van der Waals surface area contributed by atoms with Crippen molar-refractivity contribution >= 4 is 11.6 Å². The van der Waals surface area contributed by atoms with E-state index in [0.29, 0.717) is 13.1 Å².